The van der Waals surface area contributed by atoms with E-state index in [0.717, 1.165) is 5.69 Å². The predicted octanol–water partition coefficient (Wildman–Crippen LogP) is 2.09. The highest BCUT2D eigenvalue weighted by Gasteiger charge is 2.48. The van der Waals surface area contributed by atoms with E-state index in [1.807, 2.05) is 25.1 Å². The van der Waals surface area contributed by atoms with Crippen molar-refractivity contribution in [3.63, 3.8) is 0 Å². The van der Waals surface area contributed by atoms with Crippen molar-refractivity contribution in [2.45, 2.75) is 18.9 Å². The Kier molecular flexibility index (Phi) is 5.02. The zero-order chi connectivity index (χ0) is 23.0. The number of carbonyl (C=O) groups excluding carboxylic acids is 1. The molecule has 0 aromatic carbocycles. The summed E-state index contributed by atoms with van der Waals surface area (Å²) in [7, 11) is 1.64. The Morgan fingerprint density at radius 1 is 1.06 bits per heavy atom. The molecule has 166 valence electrons. The molecule has 0 radical (unpaired) electrons. The highest BCUT2D eigenvalue weighted by Crippen LogP contribution is 2.34. The summed E-state index contributed by atoms with van der Waals surface area (Å²) in [6.45, 7) is 2.30. The van der Waals surface area contributed by atoms with Crippen LogP contribution in [0.15, 0.2) is 53.2 Å². The molecular formula is C22H20N8O3. The SMILES string of the molecule is Cc1ccc(Nc2nccc(-c3cccc(-c4cc(C5(O)CCN(C)C5=O)on4)n3)n2)nn1. The number of carbonyl (C=O) groups is 1. The Bertz CT molecular complexity index is 1320. The fourth-order valence-electron chi connectivity index (χ4n) is 3.53. The number of nitrogens with zero attached hydrogens (tertiary/aromatic N) is 7. The van der Waals surface area contributed by atoms with E-state index in [-0.39, 0.29) is 12.2 Å². The van der Waals surface area contributed by atoms with Crippen molar-refractivity contribution in [1.29, 1.82) is 0 Å². The van der Waals surface area contributed by atoms with Crippen LogP contribution in [0, 0.1) is 6.92 Å². The summed E-state index contributed by atoms with van der Waals surface area (Å²) in [4.78, 5) is 27.2. The largest absolute Gasteiger partial charge is 0.373 e. The lowest BCUT2D eigenvalue weighted by atomic mass is 9.98. The molecule has 1 aliphatic rings. The lowest BCUT2D eigenvalue weighted by Gasteiger charge is -2.16. The molecule has 1 unspecified atom stereocenters. The van der Waals surface area contributed by atoms with Gasteiger partial charge in [-0.25, -0.2) is 15.0 Å². The molecular weight excluding hydrogens is 424 g/mol. The zero-order valence-electron chi connectivity index (χ0n) is 17.9. The normalized spacial score (nSPS) is 18.0. The molecule has 1 aliphatic heterocycles. The summed E-state index contributed by atoms with van der Waals surface area (Å²) in [6.07, 6.45) is 1.86. The summed E-state index contributed by atoms with van der Waals surface area (Å²) in [6, 6.07) is 12.3. The van der Waals surface area contributed by atoms with Crippen LogP contribution in [-0.2, 0) is 10.4 Å². The minimum absolute atomic E-state index is 0.104. The number of hydrogen-bond acceptors (Lipinski definition) is 10. The Balaban J connectivity index is 1.41. The molecule has 5 heterocycles. The van der Waals surface area contributed by atoms with Crippen LogP contribution in [0.4, 0.5) is 11.8 Å². The predicted molar refractivity (Wildman–Crippen MR) is 117 cm³/mol. The maximum atomic E-state index is 12.3. The summed E-state index contributed by atoms with van der Waals surface area (Å²) in [5.41, 5.74) is 1.21. The molecule has 2 N–H and O–H groups in total. The molecule has 1 atom stereocenters. The van der Waals surface area contributed by atoms with E-state index in [4.69, 9.17) is 4.52 Å². The standard InChI is InChI=1S/C22H20N8O3/c1-13-6-7-19(28-27-13)26-21-23-10-8-16(25-21)14-4-3-5-15(24-14)17-12-18(33-29-17)22(32)9-11-30(2)20(22)31/h3-8,10,12,32H,9,11H2,1-2H3,(H,23,25,26,28). The zero-order valence-corrected chi connectivity index (χ0v) is 17.9. The van der Waals surface area contributed by atoms with Gasteiger partial charge in [-0.2, -0.15) is 5.10 Å². The second-order valence-electron chi connectivity index (χ2n) is 7.77. The maximum absolute atomic E-state index is 12.3. The fraction of sp³-hybridized carbons (Fsp3) is 0.227. The van der Waals surface area contributed by atoms with Gasteiger partial charge in [0.1, 0.15) is 5.69 Å². The Hall–Kier alpha value is -4.25. The van der Waals surface area contributed by atoms with Gasteiger partial charge >= 0.3 is 0 Å². The average molecular weight is 444 g/mol. The maximum Gasteiger partial charge on any atom is 0.262 e. The molecule has 1 amide bonds. The first-order valence-electron chi connectivity index (χ1n) is 10.3. The number of hydrogen-bond donors (Lipinski definition) is 2. The number of amides is 1. The van der Waals surface area contributed by atoms with Gasteiger partial charge in [-0.05, 0) is 37.3 Å². The van der Waals surface area contributed by atoms with E-state index in [1.54, 1.807) is 37.5 Å². The Morgan fingerprint density at radius 3 is 2.58 bits per heavy atom. The number of aromatic nitrogens is 6. The lowest BCUT2D eigenvalue weighted by Crippen LogP contribution is -2.35. The number of rotatable bonds is 5. The first-order chi connectivity index (χ1) is 15.9. The molecule has 11 nitrogen and oxygen atoms in total. The number of likely N-dealkylation sites (tertiary alicyclic amines) is 1. The van der Waals surface area contributed by atoms with Crippen molar-refractivity contribution < 1.29 is 14.4 Å². The molecule has 4 aromatic heterocycles. The minimum Gasteiger partial charge on any atom is -0.373 e. The molecule has 0 spiro atoms. The molecule has 11 heteroatoms. The van der Waals surface area contributed by atoms with Crippen LogP contribution < -0.4 is 5.32 Å². The first-order valence-corrected chi connectivity index (χ1v) is 10.3. The van der Waals surface area contributed by atoms with Crippen LogP contribution in [0.1, 0.15) is 17.9 Å². The van der Waals surface area contributed by atoms with Gasteiger partial charge in [0.2, 0.25) is 11.5 Å². The first kappa shape index (κ1) is 20.6. The molecule has 33 heavy (non-hydrogen) atoms. The van der Waals surface area contributed by atoms with Gasteiger partial charge in [0.15, 0.2) is 11.6 Å². The van der Waals surface area contributed by atoms with Crippen molar-refractivity contribution in [3.8, 4) is 22.8 Å². The van der Waals surface area contributed by atoms with E-state index in [2.05, 4.69) is 35.6 Å². The molecule has 1 saturated heterocycles. The summed E-state index contributed by atoms with van der Waals surface area (Å²) >= 11 is 0. The second kappa shape index (κ2) is 8.02. The van der Waals surface area contributed by atoms with Crippen molar-refractivity contribution in [3.05, 3.63) is 60.1 Å². The van der Waals surface area contributed by atoms with E-state index in [9.17, 15) is 9.90 Å². The summed E-state index contributed by atoms with van der Waals surface area (Å²) in [5, 5.41) is 25.9. The number of nitrogens with one attached hydrogen (secondary N) is 1. The monoisotopic (exact) mass is 444 g/mol. The second-order valence-corrected chi connectivity index (χ2v) is 7.77. The third kappa shape index (κ3) is 3.89. The van der Waals surface area contributed by atoms with Gasteiger partial charge in [0.25, 0.3) is 5.91 Å². The number of pyridine rings is 1. The molecule has 0 bridgehead atoms. The molecule has 0 aliphatic carbocycles. The van der Waals surface area contributed by atoms with Crippen LogP contribution in [0.5, 0.6) is 0 Å². The van der Waals surface area contributed by atoms with Gasteiger partial charge in [-0.3, -0.25) is 4.79 Å². The topological polar surface area (TPSA) is 143 Å². The summed E-state index contributed by atoms with van der Waals surface area (Å²) < 4.78 is 5.33. The average Bonchev–Trinajstić information content (AvgIpc) is 3.43. The van der Waals surface area contributed by atoms with Crippen molar-refractivity contribution >= 4 is 17.7 Å². The van der Waals surface area contributed by atoms with Gasteiger partial charge in [0, 0.05) is 32.3 Å². The van der Waals surface area contributed by atoms with Gasteiger partial charge in [-0.15, -0.1) is 5.10 Å². The third-order valence-corrected chi connectivity index (χ3v) is 5.39. The third-order valence-electron chi connectivity index (χ3n) is 5.39. The number of anilines is 2. The molecule has 5 rings (SSSR count). The minimum atomic E-state index is -1.70. The van der Waals surface area contributed by atoms with Gasteiger partial charge < -0.3 is 19.8 Å². The van der Waals surface area contributed by atoms with Crippen LogP contribution in [0.3, 0.4) is 0 Å². The van der Waals surface area contributed by atoms with Crippen LogP contribution in [0.2, 0.25) is 0 Å². The number of aryl methyl sites for hydroxylation is 1. The van der Waals surface area contributed by atoms with Crippen LogP contribution in [-0.4, -0.2) is 59.8 Å². The quantitative estimate of drug-likeness (QED) is 0.469. The van der Waals surface area contributed by atoms with Crippen molar-refractivity contribution in [2.75, 3.05) is 18.9 Å². The number of likely N-dealkylation sites (N-methyl/N-ethyl adjacent to an activating group) is 1. The molecule has 0 saturated carbocycles. The van der Waals surface area contributed by atoms with Crippen LogP contribution in [0.25, 0.3) is 22.8 Å². The Morgan fingerprint density at radius 2 is 1.85 bits per heavy atom. The lowest BCUT2D eigenvalue weighted by molar-refractivity contribution is -0.144. The van der Waals surface area contributed by atoms with E-state index >= 15 is 0 Å². The van der Waals surface area contributed by atoms with Crippen LogP contribution >= 0.6 is 0 Å². The van der Waals surface area contributed by atoms with Gasteiger partial charge in [0.05, 0.1) is 22.8 Å². The highest BCUT2D eigenvalue weighted by atomic mass is 16.5. The fourth-order valence-corrected chi connectivity index (χ4v) is 3.53. The van der Waals surface area contributed by atoms with Gasteiger partial charge in [-0.1, -0.05) is 11.2 Å². The Labute approximate surface area is 188 Å². The summed E-state index contributed by atoms with van der Waals surface area (Å²) in [5.74, 6) is 0.574. The number of aliphatic hydroxyl groups is 1. The molecule has 1 fully saturated rings. The van der Waals surface area contributed by atoms with Crippen molar-refractivity contribution in [1.82, 2.24) is 35.2 Å². The smallest absolute Gasteiger partial charge is 0.262 e. The van der Waals surface area contributed by atoms with E-state index < -0.39 is 11.5 Å². The molecule has 4 aromatic rings. The van der Waals surface area contributed by atoms with E-state index in [0.29, 0.717) is 41.1 Å². The van der Waals surface area contributed by atoms with E-state index in [1.165, 1.54) is 4.90 Å². The van der Waals surface area contributed by atoms with Crippen molar-refractivity contribution in [2.24, 2.45) is 0 Å². The highest BCUT2D eigenvalue weighted by molar-refractivity contribution is 5.87.